The predicted molar refractivity (Wildman–Crippen MR) is 113 cm³/mol. The van der Waals surface area contributed by atoms with Gasteiger partial charge in [0.2, 0.25) is 0 Å². The molecule has 0 aromatic rings. The number of esters is 6. The van der Waals surface area contributed by atoms with E-state index in [9.17, 15) is 48.6 Å². The van der Waals surface area contributed by atoms with Crippen molar-refractivity contribution in [2.24, 2.45) is 34.5 Å². The Balaban J connectivity index is 1.78. The third-order valence-electron chi connectivity index (χ3n) is 7.68. The third kappa shape index (κ3) is 4.03. The normalized spacial score (nSPS) is 35.1. The van der Waals surface area contributed by atoms with Crippen molar-refractivity contribution >= 4 is 47.8 Å². The maximum absolute atomic E-state index is 13.7. The smallest absolute Gasteiger partial charge is 0.321 e. The number of allylic oxidation sites excluding steroid dienone is 2. The van der Waals surface area contributed by atoms with Crippen molar-refractivity contribution in [1.29, 1.82) is 0 Å². The third-order valence-corrected chi connectivity index (χ3v) is 7.68. The number of aliphatic carboxylic acids is 2. The molecule has 2 aliphatic carbocycles. The number of cyclic esters (lactones) is 4. The van der Waals surface area contributed by atoms with Gasteiger partial charge in [-0.05, 0) is 25.7 Å². The van der Waals surface area contributed by atoms with Gasteiger partial charge in [-0.25, -0.2) is 0 Å². The highest BCUT2D eigenvalue weighted by molar-refractivity contribution is 6.05. The molecule has 0 radical (unpaired) electrons. The molecular formula is C24H22O13. The number of hydrogen-bond acceptors (Lipinski definition) is 11. The topological polar surface area (TPSA) is 205 Å². The van der Waals surface area contributed by atoms with Crippen molar-refractivity contribution in [2.75, 3.05) is 0 Å². The van der Waals surface area contributed by atoms with E-state index in [2.05, 4.69) is 9.47 Å². The zero-order valence-electron chi connectivity index (χ0n) is 19.2. The van der Waals surface area contributed by atoms with Crippen LogP contribution in [0.15, 0.2) is 24.3 Å². The molecule has 4 aliphatic rings. The molecule has 2 fully saturated rings. The number of carbonyl (C=O) groups excluding carboxylic acids is 6. The zero-order valence-corrected chi connectivity index (χ0v) is 19.2. The first kappa shape index (κ1) is 25.9. The van der Waals surface area contributed by atoms with Crippen molar-refractivity contribution < 1.29 is 62.8 Å². The Hall–Kier alpha value is -4.16. The van der Waals surface area contributed by atoms with Crippen LogP contribution in [0.2, 0.25) is 0 Å². The lowest BCUT2D eigenvalue weighted by molar-refractivity contribution is -0.190. The second-order valence-electron chi connectivity index (χ2n) is 9.42. The summed E-state index contributed by atoms with van der Waals surface area (Å²) in [7, 11) is 0. The minimum absolute atomic E-state index is 0.0973. The van der Waals surface area contributed by atoms with Gasteiger partial charge < -0.3 is 24.4 Å². The molecule has 2 N–H and O–H groups in total. The number of rotatable bonds is 6. The van der Waals surface area contributed by atoms with Gasteiger partial charge in [0.05, 0.1) is 47.3 Å². The summed E-state index contributed by atoms with van der Waals surface area (Å²) in [6, 6.07) is 0. The molecule has 0 amide bonds. The molecule has 13 heteroatoms. The van der Waals surface area contributed by atoms with Crippen molar-refractivity contribution in [1.82, 2.24) is 0 Å². The molecule has 0 spiro atoms. The Morgan fingerprint density at radius 1 is 0.730 bits per heavy atom. The molecule has 2 heterocycles. The fourth-order valence-electron chi connectivity index (χ4n) is 5.90. The first-order valence-electron chi connectivity index (χ1n) is 11.5. The molecule has 6 atom stereocenters. The SMILES string of the molecule is O=C1CC(C2(C(=O)OC(=O)C3(C4CC(=O)OC4=O)CCC=CC3C(=O)O)CCC=CC2C(=O)O)C(=O)O1. The highest BCUT2D eigenvalue weighted by Gasteiger charge is 2.65. The second kappa shape index (κ2) is 9.37. The fraction of sp³-hybridized carbons (Fsp3) is 0.500. The highest BCUT2D eigenvalue weighted by Crippen LogP contribution is 2.52. The van der Waals surface area contributed by atoms with Gasteiger partial charge in [-0.15, -0.1) is 0 Å². The maximum atomic E-state index is 13.7. The Bertz CT molecular complexity index is 1090. The average Bonchev–Trinajstić information content (AvgIpc) is 3.37. The maximum Gasteiger partial charge on any atom is 0.321 e. The standard InChI is InChI=1S/C24H22O13/c25-15-9-13(19(31)35-15)23(7-3-1-5-11(23)17(27)28)21(33)37-22(34)24(14-10-16(26)36-20(14)32)8-4-2-6-12(24)18(29)30/h1-2,5-6,11-14H,3-4,7-10H2,(H,27,28)(H,29,30). The second-order valence-corrected chi connectivity index (χ2v) is 9.42. The average molecular weight is 518 g/mol. The molecule has 0 aromatic heterocycles. The van der Waals surface area contributed by atoms with E-state index in [0.29, 0.717) is 0 Å². The molecule has 0 aromatic carbocycles. The van der Waals surface area contributed by atoms with Crippen LogP contribution in [0, 0.1) is 34.5 Å². The summed E-state index contributed by atoms with van der Waals surface area (Å²) >= 11 is 0. The van der Waals surface area contributed by atoms with Crippen LogP contribution < -0.4 is 0 Å². The van der Waals surface area contributed by atoms with E-state index in [1.54, 1.807) is 0 Å². The van der Waals surface area contributed by atoms with Crippen LogP contribution in [-0.2, 0) is 52.6 Å². The van der Waals surface area contributed by atoms with Crippen LogP contribution in [-0.4, -0.2) is 58.0 Å². The molecular weight excluding hydrogens is 496 g/mol. The minimum atomic E-state index is -2.23. The van der Waals surface area contributed by atoms with E-state index in [1.807, 2.05) is 0 Å². The number of ether oxygens (including phenoxy) is 3. The summed E-state index contributed by atoms with van der Waals surface area (Å²) in [6.07, 6.45) is 3.58. The molecule has 0 bridgehead atoms. The van der Waals surface area contributed by atoms with E-state index in [1.165, 1.54) is 12.2 Å². The van der Waals surface area contributed by atoms with Gasteiger partial charge in [0.25, 0.3) is 0 Å². The molecule has 196 valence electrons. The van der Waals surface area contributed by atoms with Gasteiger partial charge in [-0.2, -0.15) is 0 Å². The van der Waals surface area contributed by atoms with Crippen LogP contribution in [0.1, 0.15) is 38.5 Å². The lowest BCUT2D eigenvalue weighted by atomic mass is 9.60. The van der Waals surface area contributed by atoms with Crippen molar-refractivity contribution in [3.8, 4) is 0 Å². The largest absolute Gasteiger partial charge is 0.481 e. The Morgan fingerprint density at radius 3 is 1.41 bits per heavy atom. The molecule has 37 heavy (non-hydrogen) atoms. The summed E-state index contributed by atoms with van der Waals surface area (Å²) in [6.45, 7) is 0. The quantitative estimate of drug-likeness (QED) is 0.210. The lowest BCUT2D eigenvalue weighted by Gasteiger charge is -2.42. The monoisotopic (exact) mass is 518 g/mol. The number of carboxylic acid groups (broad SMARTS) is 2. The Kier molecular flexibility index (Phi) is 6.57. The van der Waals surface area contributed by atoms with Crippen LogP contribution in [0.5, 0.6) is 0 Å². The Labute approximate surface area is 208 Å². The number of carboxylic acids is 2. The van der Waals surface area contributed by atoms with Crippen LogP contribution in [0.25, 0.3) is 0 Å². The van der Waals surface area contributed by atoms with E-state index in [-0.39, 0.29) is 25.7 Å². The van der Waals surface area contributed by atoms with Crippen LogP contribution >= 0.6 is 0 Å². The van der Waals surface area contributed by atoms with Crippen molar-refractivity contribution in [2.45, 2.75) is 38.5 Å². The molecule has 6 unspecified atom stereocenters. The summed E-state index contributed by atoms with van der Waals surface area (Å²) < 4.78 is 14.3. The lowest BCUT2D eigenvalue weighted by Crippen LogP contribution is -2.55. The predicted octanol–water partition coefficient (Wildman–Crippen LogP) is 0.310. The van der Waals surface area contributed by atoms with Gasteiger partial charge >= 0.3 is 47.8 Å². The van der Waals surface area contributed by atoms with Gasteiger partial charge in [0, 0.05) is 0 Å². The summed E-state index contributed by atoms with van der Waals surface area (Å²) in [4.78, 5) is 100. The van der Waals surface area contributed by atoms with Crippen LogP contribution in [0.4, 0.5) is 0 Å². The number of hydrogen-bond donors (Lipinski definition) is 2. The van der Waals surface area contributed by atoms with Crippen molar-refractivity contribution in [3.63, 3.8) is 0 Å². The Morgan fingerprint density at radius 2 is 1.11 bits per heavy atom. The molecule has 0 saturated carbocycles. The number of carbonyl (C=O) groups is 8. The molecule has 2 aliphatic heterocycles. The first-order chi connectivity index (χ1) is 17.4. The first-order valence-corrected chi connectivity index (χ1v) is 11.5. The highest BCUT2D eigenvalue weighted by atomic mass is 16.6. The molecule has 2 saturated heterocycles. The van der Waals surface area contributed by atoms with Crippen LogP contribution in [0.3, 0.4) is 0 Å². The van der Waals surface area contributed by atoms with E-state index < -0.39 is 95.1 Å². The van der Waals surface area contributed by atoms with Gasteiger partial charge in [-0.3, -0.25) is 38.4 Å². The molecule has 4 rings (SSSR count). The zero-order chi connectivity index (χ0) is 27.1. The fourth-order valence-corrected chi connectivity index (χ4v) is 5.90. The van der Waals surface area contributed by atoms with Gasteiger partial charge in [0.1, 0.15) is 0 Å². The van der Waals surface area contributed by atoms with E-state index in [4.69, 9.17) is 4.74 Å². The van der Waals surface area contributed by atoms with E-state index in [0.717, 1.165) is 12.2 Å². The summed E-state index contributed by atoms with van der Waals surface area (Å²) in [5, 5.41) is 19.7. The molecule has 13 nitrogen and oxygen atoms in total. The van der Waals surface area contributed by atoms with Gasteiger partial charge in [0.15, 0.2) is 0 Å². The summed E-state index contributed by atoms with van der Waals surface area (Å²) in [5.74, 6) is -16.8. The summed E-state index contributed by atoms with van der Waals surface area (Å²) in [5.41, 5.74) is -4.45. The van der Waals surface area contributed by atoms with E-state index >= 15 is 0 Å². The van der Waals surface area contributed by atoms with Gasteiger partial charge in [-0.1, -0.05) is 24.3 Å². The minimum Gasteiger partial charge on any atom is -0.481 e. The van der Waals surface area contributed by atoms with Crippen molar-refractivity contribution in [3.05, 3.63) is 24.3 Å².